The van der Waals surface area contributed by atoms with Crippen molar-refractivity contribution in [2.45, 2.75) is 36.8 Å². The molecule has 0 bridgehead atoms. The molecule has 0 radical (unpaired) electrons. The lowest BCUT2D eigenvalue weighted by Crippen LogP contribution is -2.59. The van der Waals surface area contributed by atoms with Crippen LogP contribution in [0.15, 0.2) is 72.8 Å². The van der Waals surface area contributed by atoms with Crippen LogP contribution < -0.4 is 0 Å². The first-order valence-corrected chi connectivity index (χ1v) is 9.53. The summed E-state index contributed by atoms with van der Waals surface area (Å²) in [5.74, 6) is 0. The van der Waals surface area contributed by atoms with Gasteiger partial charge in [-0.2, -0.15) is 0 Å². The highest BCUT2D eigenvalue weighted by Crippen LogP contribution is 2.40. The fraction of sp³-hybridized carbons (Fsp3) is 0.304. The van der Waals surface area contributed by atoms with Crippen molar-refractivity contribution in [3.63, 3.8) is 0 Å². The van der Waals surface area contributed by atoms with E-state index in [1.54, 1.807) is 0 Å². The Morgan fingerprint density at radius 3 is 2.36 bits per heavy atom. The van der Waals surface area contributed by atoms with Crippen LogP contribution in [0.3, 0.4) is 0 Å². The van der Waals surface area contributed by atoms with E-state index in [-0.39, 0.29) is 6.61 Å². The Bertz CT molecular complexity index is 952. The molecule has 0 amide bonds. The van der Waals surface area contributed by atoms with E-state index in [0.717, 1.165) is 21.9 Å². The molecule has 2 heterocycles. The van der Waals surface area contributed by atoms with Gasteiger partial charge in [0.1, 0.15) is 30.5 Å². The number of benzene rings is 3. The van der Waals surface area contributed by atoms with Crippen molar-refractivity contribution < 1.29 is 24.4 Å². The summed E-state index contributed by atoms with van der Waals surface area (Å²) in [6.07, 6.45) is -4.48. The van der Waals surface area contributed by atoms with Gasteiger partial charge in [0.2, 0.25) is 0 Å². The summed E-state index contributed by atoms with van der Waals surface area (Å²) in [7, 11) is 0. The van der Waals surface area contributed by atoms with Crippen molar-refractivity contribution in [2.24, 2.45) is 0 Å². The number of hydrogen-bond donors (Lipinski definition) is 2. The van der Waals surface area contributed by atoms with Crippen molar-refractivity contribution in [1.82, 2.24) is 0 Å². The van der Waals surface area contributed by atoms with Crippen LogP contribution in [-0.4, -0.2) is 41.2 Å². The highest BCUT2D eigenvalue weighted by molar-refractivity contribution is 5.85. The molecule has 0 aromatic heterocycles. The van der Waals surface area contributed by atoms with Gasteiger partial charge in [-0.1, -0.05) is 72.8 Å². The van der Waals surface area contributed by atoms with Crippen LogP contribution in [-0.2, 0) is 14.2 Å². The second-order valence-electron chi connectivity index (χ2n) is 7.32. The van der Waals surface area contributed by atoms with Crippen LogP contribution in [0.25, 0.3) is 10.8 Å². The van der Waals surface area contributed by atoms with Crippen molar-refractivity contribution in [1.29, 1.82) is 0 Å². The molecule has 0 aliphatic carbocycles. The van der Waals surface area contributed by atoms with Gasteiger partial charge in [0, 0.05) is 5.56 Å². The quantitative estimate of drug-likeness (QED) is 0.717. The zero-order valence-corrected chi connectivity index (χ0v) is 15.2. The number of rotatable bonds is 2. The van der Waals surface area contributed by atoms with Gasteiger partial charge in [-0.15, -0.1) is 0 Å². The molecular weight excluding hydrogens is 356 g/mol. The molecule has 5 heteroatoms. The lowest BCUT2D eigenvalue weighted by molar-refractivity contribution is -0.329. The van der Waals surface area contributed by atoms with E-state index in [1.807, 2.05) is 72.8 Å². The molecule has 3 aromatic rings. The van der Waals surface area contributed by atoms with E-state index in [0.29, 0.717) is 0 Å². The Kier molecular flexibility index (Phi) is 4.62. The van der Waals surface area contributed by atoms with Crippen LogP contribution in [0, 0.1) is 0 Å². The van der Waals surface area contributed by atoms with E-state index in [4.69, 9.17) is 14.2 Å². The van der Waals surface area contributed by atoms with Crippen LogP contribution >= 0.6 is 0 Å². The standard InChI is InChI=1S/C23H22O5/c24-19-20(25)22-18(27-21(19)15-8-2-1-3-9-15)13-26-23(28-22)17-12-6-10-14-7-4-5-11-16(14)17/h1-12,18-25H,13H2. The Balaban J connectivity index is 1.41. The summed E-state index contributed by atoms with van der Waals surface area (Å²) >= 11 is 0. The minimum absolute atomic E-state index is 0.283. The van der Waals surface area contributed by atoms with Gasteiger partial charge in [0.05, 0.1) is 6.61 Å². The monoisotopic (exact) mass is 378 g/mol. The molecule has 2 aliphatic heterocycles. The number of fused-ring (bicyclic) bond motifs is 2. The molecule has 6 unspecified atom stereocenters. The van der Waals surface area contributed by atoms with Gasteiger partial charge in [0.25, 0.3) is 0 Å². The first-order chi connectivity index (χ1) is 13.7. The molecule has 2 saturated heterocycles. The topological polar surface area (TPSA) is 68.2 Å². The van der Waals surface area contributed by atoms with Crippen LogP contribution in [0.1, 0.15) is 23.5 Å². The molecule has 2 fully saturated rings. The summed E-state index contributed by atoms with van der Waals surface area (Å²) < 4.78 is 18.1. The molecule has 144 valence electrons. The van der Waals surface area contributed by atoms with E-state index in [9.17, 15) is 10.2 Å². The summed E-state index contributed by atoms with van der Waals surface area (Å²) in [5, 5.41) is 23.6. The molecule has 2 N–H and O–H groups in total. The lowest BCUT2D eigenvalue weighted by Gasteiger charge is -2.46. The minimum atomic E-state index is -1.07. The predicted octanol–water partition coefficient (Wildman–Crippen LogP) is 3.12. The Labute approximate surface area is 163 Å². The van der Waals surface area contributed by atoms with Crippen molar-refractivity contribution in [3.05, 3.63) is 83.9 Å². The smallest absolute Gasteiger partial charge is 0.185 e. The fourth-order valence-corrected chi connectivity index (χ4v) is 4.14. The maximum absolute atomic E-state index is 10.8. The van der Waals surface area contributed by atoms with Gasteiger partial charge < -0.3 is 24.4 Å². The molecular formula is C23H22O5. The summed E-state index contributed by atoms with van der Waals surface area (Å²) in [5.41, 5.74) is 1.73. The Hall–Kier alpha value is -2.28. The van der Waals surface area contributed by atoms with Crippen molar-refractivity contribution >= 4 is 10.8 Å². The minimum Gasteiger partial charge on any atom is -0.387 e. The van der Waals surface area contributed by atoms with Crippen LogP contribution in [0.4, 0.5) is 0 Å². The zero-order valence-electron chi connectivity index (χ0n) is 15.2. The Morgan fingerprint density at radius 1 is 0.750 bits per heavy atom. The predicted molar refractivity (Wildman–Crippen MR) is 104 cm³/mol. The van der Waals surface area contributed by atoms with E-state index < -0.39 is 36.8 Å². The fourth-order valence-electron chi connectivity index (χ4n) is 4.14. The third-order valence-corrected chi connectivity index (χ3v) is 5.58. The van der Waals surface area contributed by atoms with Crippen molar-refractivity contribution in [3.8, 4) is 0 Å². The largest absolute Gasteiger partial charge is 0.387 e. The van der Waals surface area contributed by atoms with E-state index in [1.165, 1.54) is 0 Å². The molecule has 0 saturated carbocycles. The molecule has 6 atom stereocenters. The highest BCUT2D eigenvalue weighted by atomic mass is 16.7. The van der Waals surface area contributed by atoms with Gasteiger partial charge in [-0.3, -0.25) is 0 Å². The maximum Gasteiger partial charge on any atom is 0.185 e. The van der Waals surface area contributed by atoms with Gasteiger partial charge in [-0.05, 0) is 16.3 Å². The van der Waals surface area contributed by atoms with Gasteiger partial charge in [-0.25, -0.2) is 0 Å². The average Bonchev–Trinajstić information content (AvgIpc) is 2.76. The van der Waals surface area contributed by atoms with Crippen molar-refractivity contribution in [2.75, 3.05) is 6.61 Å². The second kappa shape index (κ2) is 7.28. The van der Waals surface area contributed by atoms with E-state index in [2.05, 4.69) is 0 Å². The number of ether oxygens (including phenoxy) is 3. The van der Waals surface area contributed by atoms with Crippen LogP contribution in [0.2, 0.25) is 0 Å². The van der Waals surface area contributed by atoms with Gasteiger partial charge >= 0.3 is 0 Å². The zero-order chi connectivity index (χ0) is 19.1. The first kappa shape index (κ1) is 17.8. The Morgan fingerprint density at radius 2 is 1.50 bits per heavy atom. The van der Waals surface area contributed by atoms with E-state index >= 15 is 0 Å². The summed E-state index contributed by atoms with van der Waals surface area (Å²) in [4.78, 5) is 0. The van der Waals surface area contributed by atoms with Gasteiger partial charge in [0.15, 0.2) is 6.29 Å². The molecule has 2 aliphatic rings. The average molecular weight is 378 g/mol. The molecule has 3 aromatic carbocycles. The summed E-state index contributed by atoms with van der Waals surface area (Å²) in [6.45, 7) is 0.283. The lowest BCUT2D eigenvalue weighted by atomic mass is 9.90. The first-order valence-electron chi connectivity index (χ1n) is 9.53. The third-order valence-electron chi connectivity index (χ3n) is 5.58. The molecule has 0 spiro atoms. The highest BCUT2D eigenvalue weighted by Gasteiger charge is 2.49. The number of aliphatic hydroxyl groups excluding tert-OH is 2. The third kappa shape index (κ3) is 3.02. The van der Waals surface area contributed by atoms with Crippen LogP contribution in [0.5, 0.6) is 0 Å². The molecule has 28 heavy (non-hydrogen) atoms. The normalized spacial score (nSPS) is 32.8. The SMILES string of the molecule is OC1C(c2ccccc2)OC2COC(c3cccc4ccccc34)OC2C1O. The maximum atomic E-state index is 10.8. The number of aliphatic hydroxyl groups is 2. The second-order valence-corrected chi connectivity index (χ2v) is 7.32. The molecule has 5 nitrogen and oxygen atoms in total. The number of hydrogen-bond acceptors (Lipinski definition) is 5. The summed E-state index contributed by atoms with van der Waals surface area (Å²) in [6, 6.07) is 23.4. The molecule has 5 rings (SSSR count).